The summed E-state index contributed by atoms with van der Waals surface area (Å²) in [5, 5.41) is 10.5. The lowest BCUT2D eigenvalue weighted by Gasteiger charge is -2.34. The van der Waals surface area contributed by atoms with Gasteiger partial charge in [0, 0.05) is 37.9 Å². The van der Waals surface area contributed by atoms with Gasteiger partial charge in [0.1, 0.15) is 11.0 Å². The van der Waals surface area contributed by atoms with Gasteiger partial charge >= 0.3 is 0 Å². The minimum absolute atomic E-state index is 0.102. The van der Waals surface area contributed by atoms with Crippen molar-refractivity contribution in [2.45, 2.75) is 0 Å². The van der Waals surface area contributed by atoms with E-state index >= 15 is 0 Å². The van der Waals surface area contributed by atoms with Crippen LogP contribution in [0.2, 0.25) is 0 Å². The summed E-state index contributed by atoms with van der Waals surface area (Å²) in [6.07, 6.45) is 3.37. The lowest BCUT2D eigenvalue weighted by molar-refractivity contribution is -0.116. The number of para-hydroxylation sites is 1. The predicted octanol–water partition coefficient (Wildman–Crippen LogP) is 2.82. The lowest BCUT2D eigenvalue weighted by atomic mass is 10.1. The molecule has 0 radical (unpaired) electrons. The second kappa shape index (κ2) is 9.84. The van der Waals surface area contributed by atoms with Crippen LogP contribution in [-0.2, 0) is 4.79 Å². The van der Waals surface area contributed by atoms with E-state index in [2.05, 4.69) is 54.5 Å². The quantitative estimate of drug-likeness (QED) is 0.319. The molecule has 1 fully saturated rings. The molecule has 1 aromatic carbocycles. The minimum atomic E-state index is -0.102. The van der Waals surface area contributed by atoms with Crippen LogP contribution < -0.4 is 10.2 Å². The van der Waals surface area contributed by atoms with E-state index in [1.165, 1.54) is 0 Å². The van der Waals surface area contributed by atoms with Gasteiger partial charge in [-0.2, -0.15) is 5.10 Å². The number of carbonyl (C=O) groups is 1. The number of pyridine rings is 2. The first kappa shape index (κ1) is 24.0. The zero-order valence-corrected chi connectivity index (χ0v) is 21.7. The highest BCUT2D eigenvalue weighted by molar-refractivity contribution is 5.95. The van der Waals surface area contributed by atoms with Crippen LogP contribution in [-0.4, -0.2) is 99.7 Å². The van der Waals surface area contributed by atoms with Crippen molar-refractivity contribution in [1.82, 2.24) is 39.9 Å². The van der Waals surface area contributed by atoms with Crippen LogP contribution in [0.25, 0.3) is 44.8 Å². The Labute approximate surface area is 219 Å². The average molecular weight is 511 g/mol. The number of nitrogens with zero attached hydrogens (tertiary/aromatic N) is 7. The second-order valence-corrected chi connectivity index (χ2v) is 9.96. The van der Waals surface area contributed by atoms with Gasteiger partial charge in [0.2, 0.25) is 5.91 Å². The highest BCUT2D eigenvalue weighted by Gasteiger charge is 2.20. The number of rotatable bonds is 6. The standard InChI is InChI=1S/C27H30N10O/c1-35(2)16-23(38)29-18-13-17(14-28-15-18)19-7-8-21-25(30-19)26(34-33-21)27-31-20-5-4-6-22(24(20)32-27)37-11-9-36(3)10-12-37/h4-8,13-15H,9-12,16H2,1-3H3,(H,29,38)(H,31,32)(H,33,34). The van der Waals surface area contributed by atoms with Crippen molar-refractivity contribution in [3.8, 4) is 22.8 Å². The molecule has 5 aromatic rings. The Hall–Kier alpha value is -4.35. The van der Waals surface area contributed by atoms with E-state index < -0.39 is 0 Å². The number of hydrogen-bond donors (Lipinski definition) is 3. The number of aromatic amines is 2. The average Bonchev–Trinajstić information content (AvgIpc) is 3.52. The molecule has 38 heavy (non-hydrogen) atoms. The number of likely N-dealkylation sites (N-methyl/N-ethyl adjacent to an activating group) is 2. The Balaban J connectivity index is 1.34. The monoisotopic (exact) mass is 510 g/mol. The largest absolute Gasteiger partial charge is 0.367 e. The maximum atomic E-state index is 12.2. The molecule has 1 amide bonds. The molecule has 0 saturated carbocycles. The number of carbonyl (C=O) groups excluding carboxylic acids is 1. The third kappa shape index (κ3) is 4.69. The van der Waals surface area contributed by atoms with Gasteiger partial charge in [-0.15, -0.1) is 0 Å². The van der Waals surface area contributed by atoms with Gasteiger partial charge in [0.05, 0.1) is 40.8 Å². The van der Waals surface area contributed by atoms with Crippen LogP contribution in [0.4, 0.5) is 11.4 Å². The summed E-state index contributed by atoms with van der Waals surface area (Å²) < 4.78 is 0. The summed E-state index contributed by atoms with van der Waals surface area (Å²) in [6.45, 7) is 4.29. The van der Waals surface area contributed by atoms with Crippen LogP contribution in [0, 0.1) is 0 Å². The summed E-state index contributed by atoms with van der Waals surface area (Å²) in [4.78, 5) is 36.4. The van der Waals surface area contributed by atoms with Gasteiger partial charge < -0.3 is 25.0 Å². The fourth-order valence-corrected chi connectivity index (χ4v) is 4.79. The summed E-state index contributed by atoms with van der Waals surface area (Å²) in [6, 6.07) is 12.0. The molecule has 4 aromatic heterocycles. The van der Waals surface area contributed by atoms with Crippen molar-refractivity contribution in [1.29, 1.82) is 0 Å². The van der Waals surface area contributed by atoms with Crippen molar-refractivity contribution >= 4 is 39.3 Å². The number of aromatic nitrogens is 6. The second-order valence-electron chi connectivity index (χ2n) is 9.96. The molecule has 0 unspecified atom stereocenters. The number of amides is 1. The van der Waals surface area contributed by atoms with Crippen LogP contribution in [0.1, 0.15) is 0 Å². The molecule has 0 atom stereocenters. The molecule has 5 heterocycles. The number of fused-ring (bicyclic) bond motifs is 2. The highest BCUT2D eigenvalue weighted by Crippen LogP contribution is 2.31. The molecule has 11 nitrogen and oxygen atoms in total. The highest BCUT2D eigenvalue weighted by atomic mass is 16.2. The molecule has 1 aliphatic heterocycles. The number of benzene rings is 1. The van der Waals surface area contributed by atoms with Crippen LogP contribution in [0.15, 0.2) is 48.8 Å². The summed E-state index contributed by atoms with van der Waals surface area (Å²) in [5.74, 6) is 0.565. The van der Waals surface area contributed by atoms with Gasteiger partial charge in [-0.25, -0.2) is 9.97 Å². The molecule has 1 aliphatic rings. The first-order chi connectivity index (χ1) is 18.4. The van der Waals surface area contributed by atoms with Crippen molar-refractivity contribution in [2.24, 2.45) is 0 Å². The smallest absolute Gasteiger partial charge is 0.238 e. The molecule has 0 aliphatic carbocycles. The summed E-state index contributed by atoms with van der Waals surface area (Å²) in [5.41, 5.74) is 7.36. The van der Waals surface area contributed by atoms with E-state index in [9.17, 15) is 4.79 Å². The van der Waals surface area contributed by atoms with Crippen LogP contribution in [0.5, 0.6) is 0 Å². The number of nitrogens with one attached hydrogen (secondary N) is 3. The van der Waals surface area contributed by atoms with Gasteiger partial charge in [0.25, 0.3) is 0 Å². The van der Waals surface area contributed by atoms with Crippen molar-refractivity contribution in [3.63, 3.8) is 0 Å². The lowest BCUT2D eigenvalue weighted by Crippen LogP contribution is -2.44. The molecule has 0 bridgehead atoms. The van der Waals surface area contributed by atoms with Crippen LogP contribution >= 0.6 is 0 Å². The third-order valence-electron chi connectivity index (χ3n) is 6.74. The molecular formula is C27H30N10O. The van der Waals surface area contributed by atoms with E-state index in [1.54, 1.807) is 12.4 Å². The van der Waals surface area contributed by atoms with Gasteiger partial charge in [-0.05, 0) is 51.5 Å². The third-order valence-corrected chi connectivity index (χ3v) is 6.74. The van der Waals surface area contributed by atoms with Crippen LogP contribution in [0.3, 0.4) is 0 Å². The molecule has 1 saturated heterocycles. The molecule has 6 rings (SSSR count). The van der Waals surface area contributed by atoms with E-state index in [0.717, 1.165) is 59.7 Å². The summed E-state index contributed by atoms with van der Waals surface area (Å²) >= 11 is 0. The molecule has 11 heteroatoms. The normalized spacial score (nSPS) is 14.6. The van der Waals surface area contributed by atoms with E-state index in [0.29, 0.717) is 29.3 Å². The first-order valence-corrected chi connectivity index (χ1v) is 12.6. The van der Waals surface area contributed by atoms with Gasteiger partial charge in [0.15, 0.2) is 11.5 Å². The fraction of sp³-hybridized carbons (Fsp3) is 0.296. The Morgan fingerprint density at radius 2 is 1.87 bits per heavy atom. The number of hydrogen-bond acceptors (Lipinski definition) is 8. The topological polar surface area (TPSA) is 122 Å². The van der Waals surface area contributed by atoms with Gasteiger partial charge in [-0.1, -0.05) is 6.07 Å². The van der Waals surface area contributed by atoms with Crippen molar-refractivity contribution < 1.29 is 4.79 Å². The van der Waals surface area contributed by atoms with Gasteiger partial charge in [-0.3, -0.25) is 14.9 Å². The zero-order chi connectivity index (χ0) is 26.2. The zero-order valence-electron chi connectivity index (χ0n) is 21.7. The predicted molar refractivity (Wildman–Crippen MR) is 149 cm³/mol. The van der Waals surface area contributed by atoms with E-state index in [-0.39, 0.29) is 5.91 Å². The number of piperazine rings is 1. The Morgan fingerprint density at radius 3 is 2.68 bits per heavy atom. The maximum Gasteiger partial charge on any atom is 0.238 e. The first-order valence-electron chi connectivity index (χ1n) is 12.6. The van der Waals surface area contributed by atoms with Crippen molar-refractivity contribution in [3.05, 3.63) is 48.8 Å². The Morgan fingerprint density at radius 1 is 1.03 bits per heavy atom. The minimum Gasteiger partial charge on any atom is -0.367 e. The molecule has 3 N–H and O–H groups in total. The number of anilines is 2. The van der Waals surface area contributed by atoms with Crippen molar-refractivity contribution in [2.75, 3.05) is 64.1 Å². The SMILES string of the molecule is CN(C)CC(=O)Nc1cncc(-c2ccc3[nH]nc(-c4nc5c(N6CCN(C)CC6)cccc5[nH]4)c3n2)c1. The maximum absolute atomic E-state index is 12.2. The molecular weight excluding hydrogens is 480 g/mol. The molecule has 194 valence electrons. The summed E-state index contributed by atoms with van der Waals surface area (Å²) in [7, 11) is 5.86. The number of H-pyrrole nitrogens is 2. The Kier molecular flexibility index (Phi) is 6.22. The fourth-order valence-electron chi connectivity index (χ4n) is 4.79. The van der Waals surface area contributed by atoms with E-state index in [1.807, 2.05) is 43.3 Å². The van der Waals surface area contributed by atoms with E-state index in [4.69, 9.17) is 9.97 Å². The number of imidazole rings is 1. The Bertz CT molecular complexity index is 1610. The molecule has 0 spiro atoms.